The standard InChI is InChI=1S/C25H43N3O5S/c1-26-34(32,33)21-15-13-11-9-7-5-3-2-4-6-8-10-12-14-20-27-23-18-16-22(17-19-23)24(29)25(30)28-31/h16-19,26-27,31H,2-15,20-21H2,1H3,(H,28,30). The van der Waals surface area contributed by atoms with Crippen LogP contribution in [0.25, 0.3) is 0 Å². The third kappa shape index (κ3) is 14.3. The van der Waals surface area contributed by atoms with Crippen LogP contribution in [0.2, 0.25) is 0 Å². The maximum absolute atomic E-state index is 11.6. The molecule has 4 N–H and O–H groups in total. The number of hydroxylamine groups is 1. The van der Waals surface area contributed by atoms with Gasteiger partial charge in [0.2, 0.25) is 10.0 Å². The second-order valence-corrected chi connectivity index (χ2v) is 10.8. The maximum Gasteiger partial charge on any atom is 0.315 e. The minimum absolute atomic E-state index is 0.242. The van der Waals surface area contributed by atoms with E-state index in [1.54, 1.807) is 24.3 Å². The number of hydrogen-bond acceptors (Lipinski definition) is 6. The van der Waals surface area contributed by atoms with E-state index in [1.807, 2.05) is 0 Å². The molecular formula is C25H43N3O5S. The van der Waals surface area contributed by atoms with Crippen LogP contribution in [0.15, 0.2) is 24.3 Å². The van der Waals surface area contributed by atoms with Gasteiger partial charge < -0.3 is 5.32 Å². The average molecular weight is 498 g/mol. The Labute approximate surface area is 205 Å². The van der Waals surface area contributed by atoms with Crippen molar-refractivity contribution in [3.05, 3.63) is 29.8 Å². The van der Waals surface area contributed by atoms with Crippen molar-refractivity contribution in [2.24, 2.45) is 0 Å². The first-order valence-corrected chi connectivity index (χ1v) is 14.3. The third-order valence-corrected chi connectivity index (χ3v) is 7.38. The van der Waals surface area contributed by atoms with Crippen molar-refractivity contribution in [2.45, 2.75) is 89.9 Å². The number of hydrogen-bond donors (Lipinski definition) is 4. The lowest BCUT2D eigenvalue weighted by molar-refractivity contribution is -0.124. The quantitative estimate of drug-likeness (QED) is 0.0636. The lowest BCUT2D eigenvalue weighted by Gasteiger charge is -2.07. The van der Waals surface area contributed by atoms with E-state index in [-0.39, 0.29) is 11.3 Å². The van der Waals surface area contributed by atoms with Gasteiger partial charge in [0, 0.05) is 17.8 Å². The highest BCUT2D eigenvalue weighted by molar-refractivity contribution is 7.89. The third-order valence-electron chi connectivity index (χ3n) is 5.93. The molecule has 0 aliphatic heterocycles. The Morgan fingerprint density at radius 1 is 0.735 bits per heavy atom. The van der Waals surface area contributed by atoms with Crippen molar-refractivity contribution < 1.29 is 23.2 Å². The van der Waals surface area contributed by atoms with E-state index in [9.17, 15) is 18.0 Å². The average Bonchev–Trinajstić information content (AvgIpc) is 2.85. The van der Waals surface area contributed by atoms with Gasteiger partial charge in [-0.3, -0.25) is 14.8 Å². The van der Waals surface area contributed by atoms with Gasteiger partial charge >= 0.3 is 5.91 Å². The first kappa shape index (κ1) is 30.1. The lowest BCUT2D eigenvalue weighted by atomic mass is 10.0. The summed E-state index contributed by atoms with van der Waals surface area (Å²) in [7, 11) is -1.57. The number of benzene rings is 1. The van der Waals surface area contributed by atoms with Crippen molar-refractivity contribution in [1.82, 2.24) is 10.2 Å². The van der Waals surface area contributed by atoms with Crippen LogP contribution < -0.4 is 15.5 Å². The van der Waals surface area contributed by atoms with Gasteiger partial charge in [0.05, 0.1) is 5.75 Å². The lowest BCUT2D eigenvalue weighted by Crippen LogP contribution is -2.27. The summed E-state index contributed by atoms with van der Waals surface area (Å²) >= 11 is 0. The van der Waals surface area contributed by atoms with Crippen LogP contribution in [0.1, 0.15) is 100 Å². The Balaban J connectivity index is 1.88. The summed E-state index contributed by atoms with van der Waals surface area (Å²) in [6.07, 6.45) is 16.6. The maximum atomic E-state index is 11.6. The van der Waals surface area contributed by atoms with E-state index in [1.165, 1.54) is 76.7 Å². The van der Waals surface area contributed by atoms with Gasteiger partial charge in [0.25, 0.3) is 5.78 Å². The molecule has 1 amide bonds. The molecule has 0 bridgehead atoms. The molecule has 194 valence electrons. The fraction of sp³-hybridized carbons (Fsp3) is 0.680. The number of rotatable bonds is 21. The fourth-order valence-electron chi connectivity index (χ4n) is 3.79. The molecular weight excluding hydrogens is 454 g/mol. The minimum atomic E-state index is -3.04. The van der Waals surface area contributed by atoms with Crippen LogP contribution in [0.3, 0.4) is 0 Å². The van der Waals surface area contributed by atoms with Gasteiger partial charge in [-0.25, -0.2) is 18.6 Å². The molecule has 0 radical (unpaired) electrons. The normalized spacial score (nSPS) is 11.4. The Bertz CT molecular complexity index is 797. The van der Waals surface area contributed by atoms with E-state index in [0.29, 0.717) is 0 Å². The SMILES string of the molecule is CNS(=O)(=O)CCCCCCCCCCCCCCCCNc1ccc(C(=O)C(=O)NO)cc1. The summed E-state index contributed by atoms with van der Waals surface area (Å²) in [5.74, 6) is -1.56. The van der Waals surface area contributed by atoms with E-state index < -0.39 is 21.7 Å². The summed E-state index contributed by atoms with van der Waals surface area (Å²) in [6.45, 7) is 0.871. The number of Topliss-reactive ketones (excluding diaryl/α,β-unsaturated/α-hetero) is 1. The van der Waals surface area contributed by atoms with Crippen molar-refractivity contribution >= 4 is 27.4 Å². The Hall–Kier alpha value is -1.97. The van der Waals surface area contributed by atoms with Crippen LogP contribution in [0.5, 0.6) is 0 Å². The second kappa shape index (κ2) is 18.4. The topological polar surface area (TPSA) is 125 Å². The number of unbranched alkanes of at least 4 members (excludes halogenated alkanes) is 13. The summed E-state index contributed by atoms with van der Waals surface area (Å²) in [4.78, 5) is 22.8. The molecule has 0 aliphatic carbocycles. The zero-order valence-electron chi connectivity index (χ0n) is 20.6. The zero-order valence-corrected chi connectivity index (χ0v) is 21.4. The second-order valence-electron chi connectivity index (χ2n) is 8.75. The number of ketones is 1. The van der Waals surface area contributed by atoms with Crippen LogP contribution in [0, 0.1) is 0 Å². The monoisotopic (exact) mass is 497 g/mol. The molecule has 0 aliphatic rings. The largest absolute Gasteiger partial charge is 0.385 e. The van der Waals surface area contributed by atoms with E-state index in [4.69, 9.17) is 5.21 Å². The van der Waals surface area contributed by atoms with Crippen LogP contribution in [-0.4, -0.2) is 44.7 Å². The molecule has 0 unspecified atom stereocenters. The Morgan fingerprint density at radius 3 is 1.62 bits per heavy atom. The number of nitrogens with one attached hydrogen (secondary N) is 3. The number of sulfonamides is 1. The first-order valence-electron chi connectivity index (χ1n) is 12.6. The number of anilines is 1. The number of carbonyl (C=O) groups is 2. The van der Waals surface area contributed by atoms with Crippen molar-refractivity contribution in [3.63, 3.8) is 0 Å². The predicted octanol–water partition coefficient (Wildman–Crippen LogP) is 4.80. The molecule has 9 heteroatoms. The molecule has 8 nitrogen and oxygen atoms in total. The summed E-state index contributed by atoms with van der Waals surface area (Å²) in [5.41, 5.74) is 2.50. The van der Waals surface area contributed by atoms with Crippen molar-refractivity contribution in [2.75, 3.05) is 24.7 Å². The molecule has 1 aromatic rings. The van der Waals surface area contributed by atoms with Crippen LogP contribution in [-0.2, 0) is 14.8 Å². The zero-order chi connectivity index (χ0) is 25.1. The van der Waals surface area contributed by atoms with E-state index in [2.05, 4.69) is 10.0 Å². The predicted molar refractivity (Wildman–Crippen MR) is 137 cm³/mol. The Kier molecular flexibility index (Phi) is 16.2. The number of carbonyl (C=O) groups excluding carboxylic acids is 2. The van der Waals surface area contributed by atoms with Gasteiger partial charge in [-0.15, -0.1) is 0 Å². The van der Waals surface area contributed by atoms with Gasteiger partial charge in [0.15, 0.2) is 0 Å². The summed E-state index contributed by atoms with van der Waals surface area (Å²) in [5, 5.41) is 11.8. The van der Waals surface area contributed by atoms with Crippen molar-refractivity contribution in [3.8, 4) is 0 Å². The van der Waals surface area contributed by atoms with Crippen LogP contribution >= 0.6 is 0 Å². The molecule has 1 aromatic carbocycles. The molecule has 0 heterocycles. The molecule has 0 saturated heterocycles. The van der Waals surface area contributed by atoms with Gasteiger partial charge in [0.1, 0.15) is 0 Å². The van der Waals surface area contributed by atoms with Gasteiger partial charge in [-0.1, -0.05) is 77.0 Å². The van der Waals surface area contributed by atoms with Gasteiger partial charge in [-0.2, -0.15) is 0 Å². The van der Waals surface area contributed by atoms with E-state index in [0.717, 1.165) is 37.9 Å². The number of amides is 1. The molecule has 0 spiro atoms. The van der Waals surface area contributed by atoms with Crippen LogP contribution in [0.4, 0.5) is 5.69 Å². The molecule has 34 heavy (non-hydrogen) atoms. The highest BCUT2D eigenvalue weighted by Crippen LogP contribution is 2.14. The highest BCUT2D eigenvalue weighted by atomic mass is 32.2. The molecule has 0 fully saturated rings. The van der Waals surface area contributed by atoms with Gasteiger partial charge in [-0.05, 0) is 44.2 Å². The van der Waals surface area contributed by atoms with Crippen molar-refractivity contribution in [1.29, 1.82) is 0 Å². The summed E-state index contributed by atoms with van der Waals surface area (Å²) in [6, 6.07) is 6.66. The molecule has 0 aromatic heterocycles. The van der Waals surface area contributed by atoms with E-state index >= 15 is 0 Å². The highest BCUT2D eigenvalue weighted by Gasteiger charge is 2.14. The molecule has 1 rings (SSSR count). The molecule has 0 saturated carbocycles. The summed E-state index contributed by atoms with van der Waals surface area (Å²) < 4.78 is 25.0. The first-order chi connectivity index (χ1) is 16.4. The fourth-order valence-corrected chi connectivity index (χ4v) is 4.58. The molecule has 0 atom stereocenters. The minimum Gasteiger partial charge on any atom is -0.385 e. The smallest absolute Gasteiger partial charge is 0.315 e. The Morgan fingerprint density at radius 2 is 1.18 bits per heavy atom.